The van der Waals surface area contributed by atoms with Crippen molar-refractivity contribution in [2.75, 3.05) is 14.1 Å². The molecule has 2 unspecified atom stereocenters. The van der Waals surface area contributed by atoms with Crippen LogP contribution in [0, 0.1) is 0 Å². The normalized spacial score (nSPS) is 32.2. The molecule has 3 nitrogen and oxygen atoms in total. The minimum atomic E-state index is 0.183. The number of hydrogen-bond donors (Lipinski definition) is 1. The maximum atomic E-state index is 11.1. The fourth-order valence-corrected chi connectivity index (χ4v) is 1.49. The van der Waals surface area contributed by atoms with E-state index in [4.69, 9.17) is 0 Å². The lowest BCUT2D eigenvalue weighted by molar-refractivity contribution is -0.124. The van der Waals surface area contributed by atoms with E-state index in [0.717, 1.165) is 6.42 Å². The Morgan fingerprint density at radius 2 is 2.18 bits per heavy atom. The zero-order chi connectivity index (χ0) is 8.43. The Morgan fingerprint density at radius 1 is 1.55 bits per heavy atom. The summed E-state index contributed by atoms with van der Waals surface area (Å²) >= 11 is 0. The largest absolute Gasteiger partial charge is 0.354 e. The van der Waals surface area contributed by atoms with Crippen LogP contribution in [0.25, 0.3) is 0 Å². The molecular formula is C8H16N2O. The zero-order valence-corrected chi connectivity index (χ0v) is 7.42. The Kier molecular flexibility index (Phi) is 2.49. The van der Waals surface area contributed by atoms with Crippen molar-refractivity contribution in [2.24, 2.45) is 0 Å². The molecule has 1 heterocycles. The first-order valence-electron chi connectivity index (χ1n) is 4.05. The van der Waals surface area contributed by atoms with Gasteiger partial charge in [0.05, 0.1) is 0 Å². The van der Waals surface area contributed by atoms with E-state index in [1.165, 1.54) is 0 Å². The molecule has 64 valence electrons. The van der Waals surface area contributed by atoms with Gasteiger partial charge in [-0.15, -0.1) is 0 Å². The summed E-state index contributed by atoms with van der Waals surface area (Å²) in [5.74, 6) is 0.183. The average Bonchev–Trinajstić information content (AvgIpc) is 1.85. The first-order valence-corrected chi connectivity index (χ1v) is 4.05. The van der Waals surface area contributed by atoms with E-state index >= 15 is 0 Å². The maximum absolute atomic E-state index is 11.1. The van der Waals surface area contributed by atoms with Crippen molar-refractivity contribution in [3.8, 4) is 0 Å². The molecule has 0 aromatic heterocycles. The summed E-state index contributed by atoms with van der Waals surface area (Å²) in [6, 6.07) is 0.766. The molecule has 2 atom stereocenters. The highest BCUT2D eigenvalue weighted by Gasteiger charge is 2.24. The smallest absolute Gasteiger partial charge is 0.221 e. The molecule has 11 heavy (non-hydrogen) atoms. The van der Waals surface area contributed by atoms with Crippen molar-refractivity contribution >= 4 is 5.91 Å². The van der Waals surface area contributed by atoms with Gasteiger partial charge in [0.2, 0.25) is 5.91 Å². The van der Waals surface area contributed by atoms with Gasteiger partial charge in [0.15, 0.2) is 0 Å². The van der Waals surface area contributed by atoms with Crippen LogP contribution in [0.1, 0.15) is 19.8 Å². The molecule has 0 bridgehead atoms. The van der Waals surface area contributed by atoms with Crippen molar-refractivity contribution < 1.29 is 4.79 Å². The van der Waals surface area contributed by atoms with Gasteiger partial charge in [-0.1, -0.05) is 0 Å². The quantitative estimate of drug-likeness (QED) is 0.589. The Labute approximate surface area is 67.8 Å². The van der Waals surface area contributed by atoms with Crippen LogP contribution in [0.4, 0.5) is 0 Å². The number of rotatable bonds is 1. The highest BCUT2D eigenvalue weighted by Crippen LogP contribution is 2.12. The minimum absolute atomic E-state index is 0.183. The van der Waals surface area contributed by atoms with Crippen LogP contribution < -0.4 is 5.32 Å². The van der Waals surface area contributed by atoms with E-state index in [9.17, 15) is 4.79 Å². The van der Waals surface area contributed by atoms with Crippen molar-refractivity contribution in [3.63, 3.8) is 0 Å². The lowest BCUT2D eigenvalue weighted by atomic mass is 9.99. The lowest BCUT2D eigenvalue weighted by Crippen LogP contribution is -2.47. The minimum Gasteiger partial charge on any atom is -0.354 e. The summed E-state index contributed by atoms with van der Waals surface area (Å²) < 4.78 is 0. The van der Waals surface area contributed by atoms with Gasteiger partial charge in [-0.3, -0.25) is 4.79 Å². The predicted octanol–water partition coefficient (Wildman–Crippen LogP) is 0.215. The molecule has 0 aliphatic carbocycles. The Hall–Kier alpha value is -0.570. The summed E-state index contributed by atoms with van der Waals surface area (Å²) in [4.78, 5) is 13.2. The molecule has 1 fully saturated rings. The van der Waals surface area contributed by atoms with E-state index in [-0.39, 0.29) is 5.91 Å². The van der Waals surface area contributed by atoms with Crippen molar-refractivity contribution in [3.05, 3.63) is 0 Å². The summed E-state index contributed by atoms with van der Waals surface area (Å²) in [5, 5.41) is 2.90. The van der Waals surface area contributed by atoms with E-state index < -0.39 is 0 Å². The van der Waals surface area contributed by atoms with Gasteiger partial charge in [0.25, 0.3) is 0 Å². The van der Waals surface area contributed by atoms with Crippen LogP contribution in [-0.2, 0) is 4.79 Å². The van der Waals surface area contributed by atoms with Crippen molar-refractivity contribution in [1.82, 2.24) is 10.2 Å². The number of hydrogen-bond acceptors (Lipinski definition) is 2. The number of piperidine rings is 1. The van der Waals surface area contributed by atoms with Crippen LogP contribution in [-0.4, -0.2) is 37.0 Å². The standard InChI is InChI=1S/C8H16N2O/c1-6-4-7(10(2)3)5-8(11)9-6/h6-7H,4-5H2,1-3H3,(H,9,11). The number of nitrogens with one attached hydrogen (secondary N) is 1. The molecule has 3 heteroatoms. The van der Waals surface area contributed by atoms with Crippen LogP contribution in [0.3, 0.4) is 0 Å². The van der Waals surface area contributed by atoms with Crippen LogP contribution >= 0.6 is 0 Å². The fourth-order valence-electron chi connectivity index (χ4n) is 1.49. The zero-order valence-electron chi connectivity index (χ0n) is 7.42. The topological polar surface area (TPSA) is 32.3 Å². The fraction of sp³-hybridized carbons (Fsp3) is 0.875. The molecule has 0 aromatic rings. The molecule has 1 aliphatic rings. The third kappa shape index (κ3) is 2.19. The highest BCUT2D eigenvalue weighted by molar-refractivity contribution is 5.77. The molecule has 0 aromatic carbocycles. The third-order valence-corrected chi connectivity index (χ3v) is 2.18. The van der Waals surface area contributed by atoms with Crippen LogP contribution in [0.5, 0.6) is 0 Å². The molecule has 1 rings (SSSR count). The van der Waals surface area contributed by atoms with Crippen LogP contribution in [0.15, 0.2) is 0 Å². The number of carbonyl (C=O) groups excluding carboxylic acids is 1. The predicted molar refractivity (Wildman–Crippen MR) is 44.3 cm³/mol. The monoisotopic (exact) mass is 156 g/mol. The number of carbonyl (C=O) groups is 1. The highest BCUT2D eigenvalue weighted by atomic mass is 16.1. The van der Waals surface area contributed by atoms with Gasteiger partial charge < -0.3 is 10.2 Å². The summed E-state index contributed by atoms with van der Waals surface area (Å²) in [6.45, 7) is 2.05. The second kappa shape index (κ2) is 3.22. The van der Waals surface area contributed by atoms with Gasteiger partial charge in [-0.2, -0.15) is 0 Å². The molecular weight excluding hydrogens is 140 g/mol. The average molecular weight is 156 g/mol. The van der Waals surface area contributed by atoms with Gasteiger partial charge in [-0.25, -0.2) is 0 Å². The van der Waals surface area contributed by atoms with Gasteiger partial charge in [-0.05, 0) is 27.4 Å². The molecule has 0 radical (unpaired) electrons. The lowest BCUT2D eigenvalue weighted by Gasteiger charge is -2.31. The van der Waals surface area contributed by atoms with Crippen LogP contribution in [0.2, 0.25) is 0 Å². The van der Waals surface area contributed by atoms with Gasteiger partial charge in [0.1, 0.15) is 0 Å². The third-order valence-electron chi connectivity index (χ3n) is 2.18. The first kappa shape index (κ1) is 8.53. The van der Waals surface area contributed by atoms with E-state index in [1.54, 1.807) is 0 Å². The van der Waals surface area contributed by atoms with E-state index in [0.29, 0.717) is 18.5 Å². The van der Waals surface area contributed by atoms with E-state index in [2.05, 4.69) is 10.2 Å². The summed E-state index contributed by atoms with van der Waals surface area (Å²) in [6.07, 6.45) is 1.72. The number of nitrogens with zero attached hydrogens (tertiary/aromatic N) is 1. The Morgan fingerprint density at radius 3 is 2.64 bits per heavy atom. The van der Waals surface area contributed by atoms with Crippen molar-refractivity contribution in [2.45, 2.75) is 31.8 Å². The van der Waals surface area contributed by atoms with Gasteiger partial charge >= 0.3 is 0 Å². The Balaban J connectivity index is 2.49. The van der Waals surface area contributed by atoms with Gasteiger partial charge in [0, 0.05) is 18.5 Å². The summed E-state index contributed by atoms with van der Waals surface area (Å²) in [7, 11) is 4.05. The molecule has 1 aliphatic heterocycles. The SMILES string of the molecule is CC1CC(N(C)C)CC(=O)N1. The number of amides is 1. The van der Waals surface area contributed by atoms with Crippen molar-refractivity contribution in [1.29, 1.82) is 0 Å². The molecule has 0 saturated carbocycles. The second-order valence-corrected chi connectivity index (χ2v) is 3.53. The summed E-state index contributed by atoms with van der Waals surface area (Å²) in [5.41, 5.74) is 0. The molecule has 0 spiro atoms. The molecule has 1 amide bonds. The first-order chi connectivity index (χ1) is 5.09. The molecule has 1 saturated heterocycles. The molecule has 1 N–H and O–H groups in total. The second-order valence-electron chi connectivity index (χ2n) is 3.53. The Bertz CT molecular complexity index is 156. The maximum Gasteiger partial charge on any atom is 0.221 e. The van der Waals surface area contributed by atoms with E-state index in [1.807, 2.05) is 21.0 Å².